The van der Waals surface area contributed by atoms with Gasteiger partial charge in [-0.1, -0.05) is 0 Å². The Kier molecular flexibility index (Phi) is 4.42. The topological polar surface area (TPSA) is 49.7 Å². The second kappa shape index (κ2) is 4.54. The molecule has 0 aromatic carbocycles. The number of aliphatic hydroxyl groups is 2. The van der Waals surface area contributed by atoms with Crippen LogP contribution in [-0.4, -0.2) is 42.6 Å². The van der Waals surface area contributed by atoms with Gasteiger partial charge in [0.05, 0.1) is 13.2 Å². The summed E-state index contributed by atoms with van der Waals surface area (Å²) in [4.78, 5) is 0. The number of hydrogen-bond donors (Lipinski definition) is 2. The molecule has 0 aliphatic heterocycles. The molecule has 2 N–H and O–H groups in total. The van der Waals surface area contributed by atoms with Gasteiger partial charge < -0.3 is 14.9 Å². The third-order valence-corrected chi connectivity index (χ3v) is 0.780. The second-order valence-corrected chi connectivity index (χ2v) is 1.79. The molecule has 0 aliphatic rings. The molecule has 0 saturated heterocycles. The van der Waals surface area contributed by atoms with Crippen LogP contribution in [0.25, 0.3) is 0 Å². The largest absolute Gasteiger partial charge is 0.394 e. The summed E-state index contributed by atoms with van der Waals surface area (Å²) in [5.41, 5.74) is 0. The fourth-order valence-corrected chi connectivity index (χ4v) is 0.332. The summed E-state index contributed by atoms with van der Waals surface area (Å²) in [5, 5.41) is 16.1. The molecule has 10 heavy (non-hydrogen) atoms. The molecular weight excluding hydrogens is 146 g/mol. The molecule has 0 atom stereocenters. The molecule has 0 amide bonds. The van der Waals surface area contributed by atoms with Crippen molar-refractivity contribution in [1.29, 1.82) is 0 Å². The van der Waals surface area contributed by atoms with E-state index in [1.165, 1.54) is 0 Å². The average Bonchev–Trinajstić information content (AvgIpc) is 1.89. The molecule has 0 radical (unpaired) electrons. The number of alkyl halides is 2. The van der Waals surface area contributed by atoms with Gasteiger partial charge in [-0.2, -0.15) is 0 Å². The predicted octanol–water partition coefficient (Wildman–Crippen LogP) is -0.377. The van der Waals surface area contributed by atoms with Gasteiger partial charge in [-0.05, 0) is 0 Å². The van der Waals surface area contributed by atoms with Gasteiger partial charge in [-0.15, -0.1) is 0 Å². The molecule has 0 aromatic heterocycles. The third-order valence-electron chi connectivity index (χ3n) is 0.780. The summed E-state index contributed by atoms with van der Waals surface area (Å²) in [6.07, 6.45) is 0. The van der Waals surface area contributed by atoms with Crippen LogP contribution < -0.4 is 0 Å². The van der Waals surface area contributed by atoms with Gasteiger partial charge in [0.15, 0.2) is 0 Å². The lowest BCUT2D eigenvalue weighted by atomic mass is 10.4. The van der Waals surface area contributed by atoms with Gasteiger partial charge in [-0.3, -0.25) is 0 Å². The lowest BCUT2D eigenvalue weighted by Gasteiger charge is -2.11. The van der Waals surface area contributed by atoms with Crippen molar-refractivity contribution in [3.8, 4) is 0 Å². The minimum absolute atomic E-state index is 0.129. The van der Waals surface area contributed by atoms with Crippen molar-refractivity contribution in [3.63, 3.8) is 0 Å². The summed E-state index contributed by atoms with van der Waals surface area (Å²) >= 11 is 0. The predicted molar refractivity (Wildman–Crippen MR) is 29.9 cm³/mol. The molecule has 0 saturated carbocycles. The highest BCUT2D eigenvalue weighted by atomic mass is 19.3. The van der Waals surface area contributed by atoms with E-state index in [-0.39, 0.29) is 13.2 Å². The maximum absolute atomic E-state index is 12.0. The van der Waals surface area contributed by atoms with E-state index in [4.69, 9.17) is 10.2 Å². The fraction of sp³-hybridized carbons (Fsp3) is 1.00. The Morgan fingerprint density at radius 1 is 1.30 bits per heavy atom. The summed E-state index contributed by atoms with van der Waals surface area (Å²) in [6.45, 7) is -2.49. The fourth-order valence-electron chi connectivity index (χ4n) is 0.332. The molecule has 0 heterocycles. The Labute approximate surface area is 57.2 Å². The standard InChI is InChI=1S/C5H10F2O3/c6-5(7,3-9)4-10-2-1-8/h8-9H,1-4H2. The van der Waals surface area contributed by atoms with Crippen LogP contribution in [0.4, 0.5) is 8.78 Å². The quantitative estimate of drug-likeness (QED) is 0.533. The van der Waals surface area contributed by atoms with Crippen molar-refractivity contribution in [2.24, 2.45) is 0 Å². The molecule has 0 fully saturated rings. The van der Waals surface area contributed by atoms with E-state index < -0.39 is 19.1 Å². The van der Waals surface area contributed by atoms with Gasteiger partial charge in [0, 0.05) is 0 Å². The number of halogens is 2. The summed E-state index contributed by atoms with van der Waals surface area (Å²) in [5.74, 6) is -3.19. The minimum atomic E-state index is -3.19. The maximum Gasteiger partial charge on any atom is 0.293 e. The molecule has 3 nitrogen and oxygen atoms in total. The molecule has 0 aliphatic carbocycles. The van der Waals surface area contributed by atoms with E-state index >= 15 is 0 Å². The van der Waals surface area contributed by atoms with E-state index in [9.17, 15) is 8.78 Å². The van der Waals surface area contributed by atoms with Crippen molar-refractivity contribution in [1.82, 2.24) is 0 Å². The minimum Gasteiger partial charge on any atom is -0.394 e. The Hall–Kier alpha value is -0.260. The van der Waals surface area contributed by atoms with E-state index in [2.05, 4.69) is 4.74 Å². The van der Waals surface area contributed by atoms with Gasteiger partial charge in [0.2, 0.25) is 0 Å². The molecule has 0 spiro atoms. The Morgan fingerprint density at radius 3 is 2.30 bits per heavy atom. The SMILES string of the molecule is OCCOCC(F)(F)CO. The van der Waals surface area contributed by atoms with E-state index in [0.29, 0.717) is 0 Å². The number of ether oxygens (including phenoxy) is 1. The van der Waals surface area contributed by atoms with Gasteiger partial charge >= 0.3 is 0 Å². The lowest BCUT2D eigenvalue weighted by Crippen LogP contribution is -2.28. The normalized spacial score (nSPS) is 12.0. The number of hydrogen-bond acceptors (Lipinski definition) is 3. The molecule has 0 aromatic rings. The van der Waals surface area contributed by atoms with Gasteiger partial charge in [0.1, 0.15) is 13.2 Å². The van der Waals surface area contributed by atoms with Crippen LogP contribution in [0.5, 0.6) is 0 Å². The second-order valence-electron chi connectivity index (χ2n) is 1.79. The van der Waals surface area contributed by atoms with Crippen LogP contribution in [0, 0.1) is 0 Å². The summed E-state index contributed by atoms with van der Waals surface area (Å²) in [6, 6.07) is 0. The summed E-state index contributed by atoms with van der Waals surface area (Å²) in [7, 11) is 0. The molecular formula is C5H10F2O3. The van der Waals surface area contributed by atoms with Crippen LogP contribution in [0.3, 0.4) is 0 Å². The van der Waals surface area contributed by atoms with E-state index in [0.717, 1.165) is 0 Å². The van der Waals surface area contributed by atoms with E-state index in [1.807, 2.05) is 0 Å². The molecule has 0 unspecified atom stereocenters. The van der Waals surface area contributed by atoms with Crippen LogP contribution >= 0.6 is 0 Å². The smallest absolute Gasteiger partial charge is 0.293 e. The van der Waals surface area contributed by atoms with Crippen molar-refractivity contribution >= 4 is 0 Å². The monoisotopic (exact) mass is 156 g/mol. The Balaban J connectivity index is 3.28. The Bertz CT molecular complexity index is 87.0. The molecule has 5 heteroatoms. The first kappa shape index (κ1) is 9.74. The zero-order valence-electron chi connectivity index (χ0n) is 5.39. The first-order valence-electron chi connectivity index (χ1n) is 2.79. The van der Waals surface area contributed by atoms with Crippen molar-refractivity contribution in [3.05, 3.63) is 0 Å². The lowest BCUT2D eigenvalue weighted by molar-refractivity contribution is -0.110. The Morgan fingerprint density at radius 2 is 1.90 bits per heavy atom. The molecule has 62 valence electrons. The molecule has 0 bridgehead atoms. The highest BCUT2D eigenvalue weighted by Gasteiger charge is 2.27. The zero-order valence-corrected chi connectivity index (χ0v) is 5.39. The maximum atomic E-state index is 12.0. The van der Waals surface area contributed by atoms with E-state index in [1.54, 1.807) is 0 Å². The average molecular weight is 156 g/mol. The third kappa shape index (κ3) is 4.60. The van der Waals surface area contributed by atoms with Crippen LogP contribution in [0.1, 0.15) is 0 Å². The number of rotatable bonds is 5. The van der Waals surface area contributed by atoms with Crippen molar-refractivity contribution < 1.29 is 23.7 Å². The first-order chi connectivity index (χ1) is 4.62. The number of aliphatic hydroxyl groups excluding tert-OH is 2. The van der Waals surface area contributed by atoms with Crippen LogP contribution in [0.15, 0.2) is 0 Å². The first-order valence-corrected chi connectivity index (χ1v) is 2.79. The zero-order chi connectivity index (χ0) is 8.04. The van der Waals surface area contributed by atoms with Crippen molar-refractivity contribution in [2.45, 2.75) is 5.92 Å². The highest BCUT2D eigenvalue weighted by Crippen LogP contribution is 2.11. The van der Waals surface area contributed by atoms with Gasteiger partial charge in [0.25, 0.3) is 5.92 Å². The van der Waals surface area contributed by atoms with Crippen molar-refractivity contribution in [2.75, 3.05) is 26.4 Å². The summed E-state index contributed by atoms with van der Waals surface area (Å²) < 4.78 is 28.3. The molecule has 0 rings (SSSR count). The van der Waals surface area contributed by atoms with Gasteiger partial charge in [-0.25, -0.2) is 8.78 Å². The van der Waals surface area contributed by atoms with Crippen LogP contribution in [-0.2, 0) is 4.74 Å². The van der Waals surface area contributed by atoms with Crippen LogP contribution in [0.2, 0.25) is 0 Å². The highest BCUT2D eigenvalue weighted by molar-refractivity contribution is 4.61.